The predicted octanol–water partition coefficient (Wildman–Crippen LogP) is 2.19. The highest BCUT2D eigenvalue weighted by Crippen LogP contribution is 2.24. The molecule has 0 fully saturated rings. The van der Waals surface area contributed by atoms with Gasteiger partial charge in [-0.1, -0.05) is 65.9 Å². The zero-order valence-electron chi connectivity index (χ0n) is 16.2. The number of amides is 2. The van der Waals surface area contributed by atoms with Crippen LogP contribution in [0.5, 0.6) is 0 Å². The van der Waals surface area contributed by atoms with Gasteiger partial charge in [-0.2, -0.15) is 0 Å². The number of aryl methyl sites for hydroxylation is 1. The normalized spacial score (nSPS) is 10.7. The van der Waals surface area contributed by atoms with E-state index >= 15 is 0 Å². The first-order valence-electron chi connectivity index (χ1n) is 9.25. The van der Waals surface area contributed by atoms with Crippen molar-refractivity contribution in [2.45, 2.75) is 25.0 Å². The Morgan fingerprint density at radius 1 is 1.10 bits per heavy atom. The number of primary amides is 1. The molecular weight excluding hydrogens is 386 g/mol. The van der Waals surface area contributed by atoms with Crippen LogP contribution in [0.2, 0.25) is 0 Å². The van der Waals surface area contributed by atoms with Crippen molar-refractivity contribution >= 4 is 23.6 Å². The van der Waals surface area contributed by atoms with Crippen LogP contribution in [-0.4, -0.2) is 38.9 Å². The van der Waals surface area contributed by atoms with Gasteiger partial charge in [0.15, 0.2) is 11.0 Å². The van der Waals surface area contributed by atoms with E-state index in [0.717, 1.165) is 17.5 Å². The van der Waals surface area contributed by atoms with Crippen LogP contribution in [0, 0.1) is 6.92 Å². The number of carbonyl (C=O) groups excluding carboxylic acids is 2. The first-order valence-corrected chi connectivity index (χ1v) is 10.2. The number of nitrogens with zero attached hydrogens (tertiary/aromatic N) is 3. The van der Waals surface area contributed by atoms with Crippen molar-refractivity contribution in [3.63, 3.8) is 0 Å². The van der Waals surface area contributed by atoms with Gasteiger partial charge in [0.2, 0.25) is 11.8 Å². The van der Waals surface area contributed by atoms with Gasteiger partial charge in [-0.25, -0.2) is 0 Å². The highest BCUT2D eigenvalue weighted by molar-refractivity contribution is 7.99. The maximum absolute atomic E-state index is 12.2. The predicted molar refractivity (Wildman–Crippen MR) is 113 cm³/mol. The van der Waals surface area contributed by atoms with Gasteiger partial charge in [0.25, 0.3) is 0 Å². The molecule has 150 valence electrons. The summed E-state index contributed by atoms with van der Waals surface area (Å²) in [7, 11) is 0. The highest BCUT2D eigenvalue weighted by atomic mass is 32.2. The zero-order chi connectivity index (χ0) is 20.6. The Labute approximate surface area is 173 Å². The van der Waals surface area contributed by atoms with Crippen LogP contribution in [-0.2, 0) is 22.6 Å². The van der Waals surface area contributed by atoms with E-state index in [-0.39, 0.29) is 18.2 Å². The van der Waals surface area contributed by atoms with Crippen LogP contribution in [0.4, 0.5) is 0 Å². The number of benzene rings is 2. The summed E-state index contributed by atoms with van der Waals surface area (Å²) in [6.45, 7) is 2.49. The van der Waals surface area contributed by atoms with Gasteiger partial charge in [0, 0.05) is 12.1 Å². The molecule has 0 atom stereocenters. The minimum absolute atomic E-state index is 0.0474. The second kappa shape index (κ2) is 9.88. The molecule has 3 N–H and O–H groups in total. The summed E-state index contributed by atoms with van der Waals surface area (Å²) < 4.78 is 1.65. The molecule has 2 aromatic carbocycles. The Kier molecular flexibility index (Phi) is 7.02. The third-order valence-electron chi connectivity index (χ3n) is 4.22. The molecule has 0 aliphatic carbocycles. The molecule has 0 saturated carbocycles. The van der Waals surface area contributed by atoms with Crippen LogP contribution >= 0.6 is 11.8 Å². The lowest BCUT2D eigenvalue weighted by molar-refractivity contribution is -0.119. The summed E-state index contributed by atoms with van der Waals surface area (Å²) in [5.41, 5.74) is 8.49. The number of carbonyl (C=O) groups is 2. The number of nitrogens with one attached hydrogen (secondary N) is 1. The molecule has 0 aliphatic rings. The van der Waals surface area contributed by atoms with Crippen LogP contribution in [0.3, 0.4) is 0 Å². The maximum Gasteiger partial charge on any atom is 0.237 e. The molecule has 0 aliphatic heterocycles. The largest absolute Gasteiger partial charge is 0.368 e. The third kappa shape index (κ3) is 5.92. The van der Waals surface area contributed by atoms with E-state index in [1.165, 1.54) is 17.3 Å². The Balaban J connectivity index is 1.62. The van der Waals surface area contributed by atoms with Crippen molar-refractivity contribution in [1.29, 1.82) is 0 Å². The topological polar surface area (TPSA) is 103 Å². The van der Waals surface area contributed by atoms with Crippen LogP contribution < -0.4 is 11.1 Å². The first-order chi connectivity index (χ1) is 14.0. The fourth-order valence-electron chi connectivity index (χ4n) is 2.86. The zero-order valence-corrected chi connectivity index (χ0v) is 17.0. The maximum atomic E-state index is 12.2. The van der Waals surface area contributed by atoms with Crippen molar-refractivity contribution in [2.24, 2.45) is 5.73 Å². The molecule has 0 radical (unpaired) electrons. The summed E-state index contributed by atoms with van der Waals surface area (Å²) in [5.74, 6) is 0.142. The first kappa shape index (κ1) is 20.6. The molecular formula is C21H23N5O2S. The monoisotopic (exact) mass is 409 g/mol. The number of aromatic nitrogens is 3. The van der Waals surface area contributed by atoms with Crippen LogP contribution in [0.15, 0.2) is 59.8 Å². The van der Waals surface area contributed by atoms with Gasteiger partial charge >= 0.3 is 0 Å². The fourth-order valence-corrected chi connectivity index (χ4v) is 3.63. The number of rotatable bonds is 9. The molecule has 0 bridgehead atoms. The van der Waals surface area contributed by atoms with Crippen LogP contribution in [0.1, 0.15) is 11.1 Å². The van der Waals surface area contributed by atoms with Gasteiger partial charge in [0.1, 0.15) is 6.54 Å². The fraction of sp³-hybridized carbons (Fsp3) is 0.238. The van der Waals surface area contributed by atoms with E-state index in [4.69, 9.17) is 5.73 Å². The Morgan fingerprint density at radius 2 is 1.90 bits per heavy atom. The molecule has 3 rings (SSSR count). The van der Waals surface area contributed by atoms with Crippen molar-refractivity contribution in [2.75, 3.05) is 12.3 Å². The van der Waals surface area contributed by atoms with Gasteiger partial charge in [-0.15, -0.1) is 10.2 Å². The van der Waals surface area contributed by atoms with Crippen molar-refractivity contribution in [3.05, 3.63) is 65.7 Å². The van der Waals surface area contributed by atoms with Crippen molar-refractivity contribution < 1.29 is 9.59 Å². The van der Waals surface area contributed by atoms with E-state index in [1.54, 1.807) is 4.57 Å². The lowest BCUT2D eigenvalue weighted by Crippen LogP contribution is -2.27. The third-order valence-corrected chi connectivity index (χ3v) is 5.18. The van der Waals surface area contributed by atoms with Crippen LogP contribution in [0.25, 0.3) is 11.4 Å². The average Bonchev–Trinajstić information content (AvgIpc) is 3.09. The number of nitrogens with two attached hydrogens (primary N) is 1. The summed E-state index contributed by atoms with van der Waals surface area (Å²) in [6.07, 6.45) is 0.770. The van der Waals surface area contributed by atoms with E-state index in [1.807, 2.05) is 61.5 Å². The molecule has 7 nitrogen and oxygen atoms in total. The highest BCUT2D eigenvalue weighted by Gasteiger charge is 2.17. The minimum atomic E-state index is -0.493. The molecule has 2 amide bonds. The summed E-state index contributed by atoms with van der Waals surface area (Å²) in [4.78, 5) is 23.7. The quantitative estimate of drug-likeness (QED) is 0.528. The Morgan fingerprint density at radius 3 is 2.62 bits per heavy atom. The number of thioether (sulfide) groups is 1. The molecule has 1 aromatic heterocycles. The standard InChI is InChI=1S/C21H23N5O2S/c1-15-6-5-9-17(12-15)20-24-25-21(26(20)13-18(22)27)29-14-19(28)23-11-10-16-7-3-2-4-8-16/h2-9,12H,10-11,13-14H2,1H3,(H2,22,27)(H,23,28). The van der Waals surface area contributed by atoms with Gasteiger partial charge < -0.3 is 11.1 Å². The van der Waals surface area contributed by atoms with Gasteiger partial charge in [-0.3, -0.25) is 14.2 Å². The second-order valence-electron chi connectivity index (χ2n) is 6.60. The molecule has 1 heterocycles. The van der Waals surface area contributed by atoms with E-state index in [0.29, 0.717) is 17.5 Å². The smallest absolute Gasteiger partial charge is 0.237 e. The SMILES string of the molecule is Cc1cccc(-c2nnc(SCC(=O)NCCc3ccccc3)n2CC(N)=O)c1. The molecule has 8 heteroatoms. The summed E-state index contributed by atoms with van der Waals surface area (Å²) in [6, 6.07) is 17.7. The molecule has 3 aromatic rings. The number of hydrogen-bond acceptors (Lipinski definition) is 5. The molecule has 0 spiro atoms. The Bertz CT molecular complexity index is 988. The average molecular weight is 410 g/mol. The Hall–Kier alpha value is -3.13. The second-order valence-corrected chi connectivity index (χ2v) is 7.54. The minimum Gasteiger partial charge on any atom is -0.368 e. The summed E-state index contributed by atoms with van der Waals surface area (Å²) in [5, 5.41) is 11.8. The van der Waals surface area contributed by atoms with Gasteiger partial charge in [-0.05, 0) is 25.0 Å². The number of hydrogen-bond donors (Lipinski definition) is 2. The lowest BCUT2D eigenvalue weighted by atomic mass is 10.1. The van der Waals surface area contributed by atoms with Crippen molar-refractivity contribution in [1.82, 2.24) is 20.1 Å². The van der Waals surface area contributed by atoms with E-state index in [9.17, 15) is 9.59 Å². The molecule has 0 saturated heterocycles. The summed E-state index contributed by atoms with van der Waals surface area (Å²) >= 11 is 1.23. The van der Waals surface area contributed by atoms with Crippen molar-refractivity contribution in [3.8, 4) is 11.4 Å². The van der Waals surface area contributed by atoms with E-state index in [2.05, 4.69) is 15.5 Å². The molecule has 0 unspecified atom stereocenters. The van der Waals surface area contributed by atoms with E-state index < -0.39 is 5.91 Å². The lowest BCUT2D eigenvalue weighted by Gasteiger charge is -2.09. The van der Waals surface area contributed by atoms with Gasteiger partial charge in [0.05, 0.1) is 5.75 Å². The molecule has 29 heavy (non-hydrogen) atoms.